The second kappa shape index (κ2) is 11.3. The van der Waals surface area contributed by atoms with E-state index in [2.05, 4.69) is 10.2 Å². The van der Waals surface area contributed by atoms with E-state index >= 15 is 0 Å². The first kappa shape index (κ1) is 24.7. The Kier molecular flexibility index (Phi) is 8.43. The molecular weight excluding hydrogens is 446 g/mol. The molecule has 2 amide bonds. The minimum Gasteiger partial charge on any atom is -0.479 e. The number of rotatable bonds is 7. The van der Waals surface area contributed by atoms with Gasteiger partial charge in [0, 0.05) is 43.7 Å². The molecule has 1 fully saturated rings. The summed E-state index contributed by atoms with van der Waals surface area (Å²) in [6.07, 6.45) is -1.60. The van der Waals surface area contributed by atoms with Crippen LogP contribution in [0.3, 0.4) is 0 Å². The minimum atomic E-state index is -1.65. The molecule has 33 heavy (non-hydrogen) atoms. The standard InChI is InChI=1S/C24H28ClN3O5/c1-27-9-11-28(12-10-27)23(31)22(30)26-20(15-21(29)24(32)33)13-16-5-7-17(8-6-16)18-3-2-4-19(25)14-18/h2-8,14,20-21,29H,9-13,15H2,1H3,(H,26,30)(H,32,33)/t20-,21-/m1/s1. The van der Waals surface area contributed by atoms with Crippen molar-refractivity contribution in [1.82, 2.24) is 15.1 Å². The molecule has 2 aromatic carbocycles. The Morgan fingerprint density at radius 2 is 1.70 bits per heavy atom. The molecule has 1 aliphatic heterocycles. The lowest BCUT2D eigenvalue weighted by Gasteiger charge is -2.32. The van der Waals surface area contributed by atoms with Crippen molar-refractivity contribution in [3.8, 4) is 11.1 Å². The number of nitrogens with one attached hydrogen (secondary N) is 1. The first-order valence-corrected chi connectivity index (χ1v) is 11.1. The highest BCUT2D eigenvalue weighted by Gasteiger charge is 2.28. The molecule has 0 spiro atoms. The fourth-order valence-corrected chi connectivity index (χ4v) is 3.94. The Labute approximate surface area is 197 Å². The number of aliphatic carboxylic acids is 1. The van der Waals surface area contributed by atoms with E-state index in [0.717, 1.165) is 16.7 Å². The zero-order chi connectivity index (χ0) is 24.0. The van der Waals surface area contributed by atoms with Crippen molar-refractivity contribution in [2.24, 2.45) is 0 Å². The van der Waals surface area contributed by atoms with Crippen molar-refractivity contribution in [3.05, 3.63) is 59.1 Å². The van der Waals surface area contributed by atoms with Crippen LogP contribution in [0.15, 0.2) is 48.5 Å². The lowest BCUT2D eigenvalue weighted by Crippen LogP contribution is -2.53. The highest BCUT2D eigenvalue weighted by Crippen LogP contribution is 2.23. The van der Waals surface area contributed by atoms with Crippen LogP contribution in [-0.4, -0.2) is 83.2 Å². The lowest BCUT2D eigenvalue weighted by molar-refractivity contribution is -0.149. The summed E-state index contributed by atoms with van der Waals surface area (Å²) < 4.78 is 0. The summed E-state index contributed by atoms with van der Waals surface area (Å²) in [5, 5.41) is 22.2. The van der Waals surface area contributed by atoms with Gasteiger partial charge in [-0.2, -0.15) is 0 Å². The van der Waals surface area contributed by atoms with Gasteiger partial charge in [-0.05, 0) is 42.3 Å². The van der Waals surface area contributed by atoms with E-state index in [-0.39, 0.29) is 12.8 Å². The monoisotopic (exact) mass is 473 g/mol. The number of carbonyl (C=O) groups is 3. The van der Waals surface area contributed by atoms with E-state index in [4.69, 9.17) is 16.7 Å². The van der Waals surface area contributed by atoms with Crippen molar-refractivity contribution in [3.63, 3.8) is 0 Å². The van der Waals surface area contributed by atoms with Gasteiger partial charge in [0.25, 0.3) is 0 Å². The quantitative estimate of drug-likeness (QED) is 0.527. The molecule has 3 N–H and O–H groups in total. The summed E-state index contributed by atoms with van der Waals surface area (Å²) in [7, 11) is 1.95. The average molecular weight is 474 g/mol. The Morgan fingerprint density at radius 3 is 2.30 bits per heavy atom. The molecule has 3 rings (SSSR count). The van der Waals surface area contributed by atoms with Crippen LogP contribution in [0.1, 0.15) is 12.0 Å². The smallest absolute Gasteiger partial charge is 0.332 e. The fraction of sp³-hybridized carbons (Fsp3) is 0.375. The molecule has 1 aliphatic rings. The predicted molar refractivity (Wildman–Crippen MR) is 125 cm³/mol. The molecule has 1 saturated heterocycles. The van der Waals surface area contributed by atoms with Crippen LogP contribution in [0, 0.1) is 0 Å². The third kappa shape index (κ3) is 7.02. The number of aliphatic hydroxyl groups is 1. The number of carboxylic acid groups (broad SMARTS) is 1. The Bertz CT molecular complexity index is 990. The first-order chi connectivity index (χ1) is 15.7. The van der Waals surface area contributed by atoms with Crippen molar-refractivity contribution in [2.75, 3.05) is 33.2 Å². The largest absolute Gasteiger partial charge is 0.479 e. The summed E-state index contributed by atoms with van der Waals surface area (Å²) in [6.45, 7) is 2.27. The zero-order valence-electron chi connectivity index (χ0n) is 18.4. The van der Waals surface area contributed by atoms with Gasteiger partial charge < -0.3 is 25.3 Å². The van der Waals surface area contributed by atoms with E-state index in [0.29, 0.717) is 31.2 Å². The molecule has 0 aromatic heterocycles. The van der Waals surface area contributed by atoms with Gasteiger partial charge in [0.2, 0.25) is 0 Å². The number of benzene rings is 2. The van der Waals surface area contributed by atoms with Crippen molar-refractivity contribution >= 4 is 29.4 Å². The molecule has 2 aromatic rings. The van der Waals surface area contributed by atoms with E-state index in [1.165, 1.54) is 4.90 Å². The molecular formula is C24H28ClN3O5. The first-order valence-electron chi connectivity index (χ1n) is 10.8. The van der Waals surface area contributed by atoms with E-state index in [1.54, 1.807) is 6.07 Å². The molecule has 0 radical (unpaired) electrons. The van der Waals surface area contributed by atoms with Crippen LogP contribution >= 0.6 is 11.6 Å². The molecule has 0 saturated carbocycles. The lowest BCUT2D eigenvalue weighted by atomic mass is 9.97. The van der Waals surface area contributed by atoms with Gasteiger partial charge in [0.05, 0.1) is 0 Å². The average Bonchev–Trinajstić information content (AvgIpc) is 2.79. The Morgan fingerprint density at radius 1 is 1.03 bits per heavy atom. The second-order valence-corrected chi connectivity index (χ2v) is 8.70. The Hall–Kier alpha value is -2.94. The second-order valence-electron chi connectivity index (χ2n) is 8.27. The van der Waals surface area contributed by atoms with E-state index in [9.17, 15) is 19.5 Å². The molecule has 176 valence electrons. The van der Waals surface area contributed by atoms with Gasteiger partial charge in [0.1, 0.15) is 0 Å². The van der Waals surface area contributed by atoms with Crippen LogP contribution in [0.25, 0.3) is 11.1 Å². The van der Waals surface area contributed by atoms with Crippen LogP contribution in [0.5, 0.6) is 0 Å². The highest BCUT2D eigenvalue weighted by molar-refractivity contribution is 6.35. The Balaban J connectivity index is 1.69. The third-order valence-corrected chi connectivity index (χ3v) is 5.94. The number of likely N-dealkylation sites (N-methyl/N-ethyl adjacent to an activating group) is 1. The van der Waals surface area contributed by atoms with Gasteiger partial charge in [-0.25, -0.2) is 4.79 Å². The van der Waals surface area contributed by atoms with Crippen LogP contribution < -0.4 is 5.32 Å². The maximum atomic E-state index is 12.6. The maximum Gasteiger partial charge on any atom is 0.332 e. The van der Waals surface area contributed by atoms with Crippen LogP contribution in [-0.2, 0) is 20.8 Å². The molecule has 2 atom stereocenters. The number of hydrogen-bond donors (Lipinski definition) is 3. The van der Waals surface area contributed by atoms with Crippen LogP contribution in [0.4, 0.5) is 0 Å². The summed E-state index contributed by atoms with van der Waals surface area (Å²) in [5.74, 6) is -2.82. The van der Waals surface area contributed by atoms with Gasteiger partial charge in [0.15, 0.2) is 6.10 Å². The number of carbonyl (C=O) groups excluding carboxylic acids is 2. The molecule has 0 bridgehead atoms. The van der Waals surface area contributed by atoms with Crippen LogP contribution in [0.2, 0.25) is 5.02 Å². The number of piperazine rings is 1. The van der Waals surface area contributed by atoms with Gasteiger partial charge in [-0.3, -0.25) is 9.59 Å². The minimum absolute atomic E-state index is 0.215. The molecule has 0 unspecified atom stereocenters. The summed E-state index contributed by atoms with van der Waals surface area (Å²) in [6, 6.07) is 14.3. The molecule has 9 heteroatoms. The topological polar surface area (TPSA) is 110 Å². The molecule has 0 aliphatic carbocycles. The fourth-order valence-electron chi connectivity index (χ4n) is 3.75. The number of hydrogen-bond acceptors (Lipinski definition) is 5. The number of carboxylic acids is 1. The molecule has 1 heterocycles. The normalized spacial score (nSPS) is 16.2. The van der Waals surface area contributed by atoms with Gasteiger partial charge in [-0.15, -0.1) is 0 Å². The van der Waals surface area contributed by atoms with Crippen molar-refractivity contribution in [2.45, 2.75) is 25.0 Å². The van der Waals surface area contributed by atoms with E-state index < -0.39 is 29.9 Å². The summed E-state index contributed by atoms with van der Waals surface area (Å²) in [4.78, 5) is 39.9. The SMILES string of the molecule is CN1CCN(C(=O)C(=O)N[C@H](Cc2ccc(-c3cccc(Cl)c3)cc2)C[C@@H](O)C(=O)O)CC1. The third-order valence-electron chi connectivity index (χ3n) is 5.71. The summed E-state index contributed by atoms with van der Waals surface area (Å²) in [5.41, 5.74) is 2.74. The zero-order valence-corrected chi connectivity index (χ0v) is 19.2. The number of aliphatic hydroxyl groups excluding tert-OH is 1. The van der Waals surface area contributed by atoms with Crippen molar-refractivity contribution in [1.29, 1.82) is 0 Å². The maximum absolute atomic E-state index is 12.6. The predicted octanol–water partition coefficient (Wildman–Crippen LogP) is 1.64. The van der Waals surface area contributed by atoms with Gasteiger partial charge >= 0.3 is 17.8 Å². The summed E-state index contributed by atoms with van der Waals surface area (Å²) >= 11 is 6.06. The number of amides is 2. The highest BCUT2D eigenvalue weighted by atomic mass is 35.5. The number of halogens is 1. The molecule has 8 nitrogen and oxygen atoms in total. The van der Waals surface area contributed by atoms with E-state index in [1.807, 2.05) is 49.5 Å². The van der Waals surface area contributed by atoms with Crippen molar-refractivity contribution < 1.29 is 24.6 Å². The number of nitrogens with zero attached hydrogens (tertiary/aromatic N) is 2. The van der Waals surface area contributed by atoms with Gasteiger partial charge in [-0.1, -0.05) is 48.0 Å².